The molecule has 0 spiro atoms. The zero-order chi connectivity index (χ0) is 22.2. The first-order valence-corrected chi connectivity index (χ1v) is 11.5. The number of thiocarbonyl (C=S) groups is 1. The second-order valence-corrected chi connectivity index (χ2v) is 9.43. The molecule has 1 saturated heterocycles. The third kappa shape index (κ3) is 3.86. The van der Waals surface area contributed by atoms with Crippen molar-refractivity contribution in [3.8, 4) is 0 Å². The Morgan fingerprint density at radius 3 is 2.50 bits per heavy atom. The molecule has 1 amide bonds. The SMILES string of the molecule is O=C1C(=Cc2cn(Cc3ccccc3F)c3ccccc23)SC(=S)N1c1ccc(Cl)cc1. The fourth-order valence-electron chi connectivity index (χ4n) is 3.75. The van der Waals surface area contributed by atoms with Crippen molar-refractivity contribution >= 4 is 68.5 Å². The van der Waals surface area contributed by atoms with E-state index in [1.807, 2.05) is 47.2 Å². The molecule has 0 N–H and O–H groups in total. The molecule has 1 fully saturated rings. The van der Waals surface area contributed by atoms with E-state index >= 15 is 0 Å². The number of halogens is 2. The number of fused-ring (bicyclic) bond motifs is 1. The first-order chi connectivity index (χ1) is 15.5. The van der Waals surface area contributed by atoms with Gasteiger partial charge in [0.15, 0.2) is 4.32 Å². The van der Waals surface area contributed by atoms with Gasteiger partial charge in [0.2, 0.25) is 0 Å². The van der Waals surface area contributed by atoms with E-state index in [1.54, 1.807) is 36.4 Å². The summed E-state index contributed by atoms with van der Waals surface area (Å²) < 4.78 is 16.7. The van der Waals surface area contributed by atoms with Crippen LogP contribution in [0, 0.1) is 5.82 Å². The van der Waals surface area contributed by atoms with Crippen LogP contribution in [-0.2, 0) is 11.3 Å². The molecule has 32 heavy (non-hydrogen) atoms. The van der Waals surface area contributed by atoms with Crippen LogP contribution >= 0.6 is 35.6 Å². The molecule has 0 aliphatic carbocycles. The number of aromatic nitrogens is 1. The average molecular weight is 479 g/mol. The first-order valence-electron chi connectivity index (χ1n) is 9.86. The van der Waals surface area contributed by atoms with Gasteiger partial charge in [0, 0.05) is 33.2 Å². The van der Waals surface area contributed by atoms with E-state index < -0.39 is 0 Å². The number of carbonyl (C=O) groups is 1. The highest BCUT2D eigenvalue weighted by Gasteiger charge is 2.33. The highest BCUT2D eigenvalue weighted by Crippen LogP contribution is 2.37. The van der Waals surface area contributed by atoms with Crippen LogP contribution in [0.5, 0.6) is 0 Å². The van der Waals surface area contributed by atoms with E-state index in [1.165, 1.54) is 22.7 Å². The van der Waals surface area contributed by atoms with Crippen molar-refractivity contribution in [1.29, 1.82) is 0 Å². The Bertz CT molecular complexity index is 1390. The largest absolute Gasteiger partial charge is 0.342 e. The summed E-state index contributed by atoms with van der Waals surface area (Å²) in [5, 5.41) is 1.58. The van der Waals surface area contributed by atoms with Crippen LogP contribution in [0.15, 0.2) is 83.9 Å². The summed E-state index contributed by atoms with van der Waals surface area (Å²) in [6, 6.07) is 21.7. The van der Waals surface area contributed by atoms with Crippen LogP contribution in [0.2, 0.25) is 5.02 Å². The number of nitrogens with zero attached hydrogens (tertiary/aromatic N) is 2. The predicted octanol–water partition coefficient (Wildman–Crippen LogP) is 6.89. The molecule has 2 heterocycles. The molecule has 158 valence electrons. The van der Waals surface area contributed by atoms with Crippen molar-refractivity contribution in [2.75, 3.05) is 4.90 Å². The number of para-hydroxylation sites is 1. The summed E-state index contributed by atoms with van der Waals surface area (Å²) in [6.07, 6.45) is 3.81. The minimum atomic E-state index is -0.240. The van der Waals surface area contributed by atoms with Gasteiger partial charge in [0.1, 0.15) is 5.82 Å². The Balaban J connectivity index is 1.53. The lowest BCUT2D eigenvalue weighted by Crippen LogP contribution is -2.27. The lowest BCUT2D eigenvalue weighted by molar-refractivity contribution is -0.113. The zero-order valence-electron chi connectivity index (χ0n) is 16.7. The van der Waals surface area contributed by atoms with Crippen LogP contribution in [0.3, 0.4) is 0 Å². The molecule has 1 aliphatic rings. The Hall–Kier alpha value is -2.93. The molecule has 4 aromatic rings. The molecule has 1 aromatic heterocycles. The van der Waals surface area contributed by atoms with E-state index in [0.29, 0.717) is 32.0 Å². The molecule has 0 unspecified atom stereocenters. The summed E-state index contributed by atoms with van der Waals surface area (Å²) in [6.45, 7) is 0.396. The summed E-state index contributed by atoms with van der Waals surface area (Å²) >= 11 is 12.7. The van der Waals surface area contributed by atoms with E-state index in [4.69, 9.17) is 23.8 Å². The Morgan fingerprint density at radius 2 is 1.72 bits per heavy atom. The molecule has 7 heteroatoms. The molecular formula is C25H16ClFN2OS2. The van der Waals surface area contributed by atoms with Gasteiger partial charge < -0.3 is 4.57 Å². The van der Waals surface area contributed by atoms with Gasteiger partial charge in [0.05, 0.1) is 17.1 Å². The van der Waals surface area contributed by atoms with Crippen LogP contribution in [0.25, 0.3) is 17.0 Å². The molecule has 0 radical (unpaired) electrons. The summed E-state index contributed by atoms with van der Waals surface area (Å²) in [5.41, 5.74) is 3.14. The molecule has 5 rings (SSSR count). The van der Waals surface area contributed by atoms with Crippen molar-refractivity contribution in [2.24, 2.45) is 0 Å². The standard InChI is InChI=1S/C25H16ClFN2OS2/c26-18-9-11-19(12-10-18)29-24(30)23(32-25(29)31)13-17-15-28(22-8-4-2-6-20(17)22)14-16-5-1-3-7-21(16)27/h1-13,15H,14H2. The second-order valence-electron chi connectivity index (χ2n) is 7.31. The summed E-state index contributed by atoms with van der Waals surface area (Å²) in [5.74, 6) is -0.413. The van der Waals surface area contributed by atoms with Gasteiger partial charge in [-0.25, -0.2) is 4.39 Å². The quantitative estimate of drug-likeness (QED) is 0.236. The van der Waals surface area contributed by atoms with Gasteiger partial charge >= 0.3 is 0 Å². The van der Waals surface area contributed by atoms with Gasteiger partial charge in [0.25, 0.3) is 5.91 Å². The van der Waals surface area contributed by atoms with E-state index in [-0.39, 0.29) is 11.7 Å². The average Bonchev–Trinajstić information content (AvgIpc) is 3.27. The predicted molar refractivity (Wildman–Crippen MR) is 135 cm³/mol. The zero-order valence-corrected chi connectivity index (χ0v) is 19.1. The highest BCUT2D eigenvalue weighted by molar-refractivity contribution is 8.27. The van der Waals surface area contributed by atoms with Crippen molar-refractivity contribution in [1.82, 2.24) is 4.57 Å². The fourth-order valence-corrected chi connectivity index (χ4v) is 5.17. The summed E-state index contributed by atoms with van der Waals surface area (Å²) in [7, 11) is 0. The van der Waals surface area contributed by atoms with Crippen LogP contribution in [0.1, 0.15) is 11.1 Å². The molecule has 3 nitrogen and oxygen atoms in total. The van der Waals surface area contributed by atoms with Crippen molar-refractivity contribution in [2.45, 2.75) is 6.54 Å². The van der Waals surface area contributed by atoms with Gasteiger partial charge in [-0.15, -0.1) is 0 Å². The molecule has 0 saturated carbocycles. The normalized spacial score (nSPS) is 15.3. The van der Waals surface area contributed by atoms with Crippen molar-refractivity contribution in [3.63, 3.8) is 0 Å². The lowest BCUT2D eigenvalue weighted by Gasteiger charge is -2.14. The number of anilines is 1. The molecule has 3 aromatic carbocycles. The Morgan fingerprint density at radius 1 is 1.00 bits per heavy atom. The molecular weight excluding hydrogens is 463 g/mol. The Labute approximate surface area is 199 Å². The second kappa shape index (κ2) is 8.54. The Kier molecular flexibility index (Phi) is 5.59. The highest BCUT2D eigenvalue weighted by atomic mass is 35.5. The van der Waals surface area contributed by atoms with Crippen LogP contribution in [0.4, 0.5) is 10.1 Å². The minimum absolute atomic E-state index is 0.173. The first kappa shape index (κ1) is 20.9. The number of rotatable bonds is 4. The number of hydrogen-bond donors (Lipinski definition) is 0. The third-order valence-corrected chi connectivity index (χ3v) is 6.84. The minimum Gasteiger partial charge on any atom is -0.342 e. The third-order valence-electron chi connectivity index (χ3n) is 5.28. The maximum absolute atomic E-state index is 14.2. The number of benzene rings is 3. The van der Waals surface area contributed by atoms with Crippen LogP contribution < -0.4 is 4.90 Å². The van der Waals surface area contributed by atoms with Gasteiger partial charge in [-0.2, -0.15) is 0 Å². The number of carbonyl (C=O) groups excluding carboxylic acids is 1. The molecule has 0 bridgehead atoms. The number of thioether (sulfide) groups is 1. The van der Waals surface area contributed by atoms with Gasteiger partial charge in [-0.1, -0.05) is 72.0 Å². The van der Waals surface area contributed by atoms with Crippen LogP contribution in [-0.4, -0.2) is 14.8 Å². The van der Waals surface area contributed by atoms with E-state index in [0.717, 1.165) is 16.5 Å². The smallest absolute Gasteiger partial charge is 0.270 e. The molecule has 1 aliphatic heterocycles. The molecule has 0 atom stereocenters. The number of hydrogen-bond acceptors (Lipinski definition) is 3. The van der Waals surface area contributed by atoms with Crippen molar-refractivity contribution in [3.05, 3.63) is 106 Å². The van der Waals surface area contributed by atoms with Gasteiger partial charge in [-0.05, 0) is 42.5 Å². The van der Waals surface area contributed by atoms with E-state index in [2.05, 4.69) is 0 Å². The maximum atomic E-state index is 14.2. The van der Waals surface area contributed by atoms with Crippen molar-refractivity contribution < 1.29 is 9.18 Å². The van der Waals surface area contributed by atoms with Gasteiger partial charge in [-0.3, -0.25) is 9.69 Å². The summed E-state index contributed by atoms with van der Waals surface area (Å²) in [4.78, 5) is 15.2. The monoisotopic (exact) mass is 478 g/mol. The topological polar surface area (TPSA) is 25.2 Å². The maximum Gasteiger partial charge on any atom is 0.270 e. The van der Waals surface area contributed by atoms with E-state index in [9.17, 15) is 9.18 Å². The number of amides is 1. The fraction of sp³-hybridized carbons (Fsp3) is 0.0400. The lowest BCUT2D eigenvalue weighted by atomic mass is 10.1.